The van der Waals surface area contributed by atoms with E-state index in [1.54, 1.807) is 0 Å². The van der Waals surface area contributed by atoms with E-state index in [1.807, 2.05) is 25.7 Å². The van der Waals surface area contributed by atoms with E-state index in [0.29, 0.717) is 13.2 Å². The zero-order chi connectivity index (χ0) is 12.0. The highest BCUT2D eigenvalue weighted by molar-refractivity contribution is 7.99. The molecule has 5 heteroatoms. The van der Waals surface area contributed by atoms with E-state index >= 15 is 0 Å². The van der Waals surface area contributed by atoms with Crippen LogP contribution in [0, 0.1) is 5.92 Å². The number of ether oxygens (including phenoxy) is 1. The lowest BCUT2D eigenvalue weighted by atomic mass is 10.0. The Morgan fingerprint density at radius 1 is 1.56 bits per heavy atom. The van der Waals surface area contributed by atoms with Gasteiger partial charge < -0.3 is 15.4 Å². The van der Waals surface area contributed by atoms with Crippen LogP contribution in [-0.4, -0.2) is 49.8 Å². The molecule has 1 fully saturated rings. The van der Waals surface area contributed by atoms with Crippen molar-refractivity contribution in [3.8, 4) is 0 Å². The first kappa shape index (κ1) is 13.8. The van der Waals surface area contributed by atoms with Gasteiger partial charge in [-0.05, 0) is 19.7 Å². The number of thioether (sulfide) groups is 1. The highest BCUT2D eigenvalue weighted by atomic mass is 32.2. The van der Waals surface area contributed by atoms with Crippen LogP contribution in [0.5, 0.6) is 0 Å². The molecule has 1 aliphatic heterocycles. The molecule has 1 amide bonds. The lowest BCUT2D eigenvalue weighted by Gasteiger charge is -2.19. The third-order valence-corrected chi connectivity index (χ3v) is 3.89. The SMILES string of the molecule is CCSCC(C)NC(=O)C1COCC1NC. The summed E-state index contributed by atoms with van der Waals surface area (Å²) in [4.78, 5) is 11.9. The highest BCUT2D eigenvalue weighted by Crippen LogP contribution is 2.14. The molecule has 0 bridgehead atoms. The van der Waals surface area contributed by atoms with Gasteiger partial charge in [0.1, 0.15) is 0 Å². The number of carbonyl (C=O) groups excluding carboxylic acids is 1. The van der Waals surface area contributed by atoms with Crippen molar-refractivity contribution >= 4 is 17.7 Å². The maximum absolute atomic E-state index is 11.9. The third-order valence-electron chi connectivity index (χ3n) is 2.75. The molecule has 0 saturated carbocycles. The summed E-state index contributed by atoms with van der Waals surface area (Å²) >= 11 is 1.85. The molecule has 1 rings (SSSR count). The summed E-state index contributed by atoms with van der Waals surface area (Å²) in [5.74, 6) is 2.13. The van der Waals surface area contributed by atoms with Crippen LogP contribution in [0.15, 0.2) is 0 Å². The largest absolute Gasteiger partial charge is 0.379 e. The van der Waals surface area contributed by atoms with Gasteiger partial charge in [0.25, 0.3) is 0 Å². The van der Waals surface area contributed by atoms with Crippen LogP contribution in [0.3, 0.4) is 0 Å². The number of likely N-dealkylation sites (N-methyl/N-ethyl adjacent to an activating group) is 1. The minimum Gasteiger partial charge on any atom is -0.379 e. The topological polar surface area (TPSA) is 50.4 Å². The van der Waals surface area contributed by atoms with Gasteiger partial charge >= 0.3 is 0 Å². The van der Waals surface area contributed by atoms with Crippen molar-refractivity contribution in [3.63, 3.8) is 0 Å². The Bertz CT molecular complexity index is 226. The summed E-state index contributed by atoms with van der Waals surface area (Å²) in [6.07, 6.45) is 0. The molecule has 3 unspecified atom stereocenters. The molecular weight excluding hydrogens is 224 g/mol. The number of carbonyl (C=O) groups is 1. The van der Waals surface area contributed by atoms with Crippen LogP contribution in [0.4, 0.5) is 0 Å². The highest BCUT2D eigenvalue weighted by Gasteiger charge is 2.33. The lowest BCUT2D eigenvalue weighted by Crippen LogP contribution is -2.45. The average molecular weight is 246 g/mol. The summed E-state index contributed by atoms with van der Waals surface area (Å²) in [5.41, 5.74) is 0. The fraction of sp³-hybridized carbons (Fsp3) is 0.909. The molecule has 1 heterocycles. The van der Waals surface area contributed by atoms with E-state index in [-0.39, 0.29) is 23.9 Å². The van der Waals surface area contributed by atoms with E-state index in [0.717, 1.165) is 11.5 Å². The Labute approximate surface area is 102 Å². The summed E-state index contributed by atoms with van der Waals surface area (Å²) in [6, 6.07) is 0.390. The van der Waals surface area contributed by atoms with Crippen LogP contribution < -0.4 is 10.6 Å². The van der Waals surface area contributed by atoms with Crippen LogP contribution in [0.2, 0.25) is 0 Å². The van der Waals surface area contributed by atoms with Crippen molar-refractivity contribution in [2.75, 3.05) is 31.8 Å². The second-order valence-corrected chi connectivity index (χ2v) is 5.43. The Morgan fingerprint density at radius 3 is 2.94 bits per heavy atom. The van der Waals surface area contributed by atoms with Crippen molar-refractivity contribution in [1.29, 1.82) is 0 Å². The first-order valence-electron chi connectivity index (χ1n) is 5.82. The van der Waals surface area contributed by atoms with Crippen LogP contribution in [0.1, 0.15) is 13.8 Å². The predicted molar refractivity (Wildman–Crippen MR) is 67.8 cm³/mol. The maximum Gasteiger partial charge on any atom is 0.227 e. The summed E-state index contributed by atoms with van der Waals surface area (Å²) < 4.78 is 5.32. The Morgan fingerprint density at radius 2 is 2.31 bits per heavy atom. The normalized spacial score (nSPS) is 26.7. The minimum atomic E-state index is -0.0425. The van der Waals surface area contributed by atoms with Crippen LogP contribution in [-0.2, 0) is 9.53 Å². The molecule has 0 aromatic rings. The number of nitrogens with one attached hydrogen (secondary N) is 2. The van der Waals surface area contributed by atoms with E-state index in [9.17, 15) is 4.79 Å². The Kier molecular flexibility index (Phi) is 6.16. The third kappa shape index (κ3) is 3.96. The van der Waals surface area contributed by atoms with Crippen molar-refractivity contribution < 1.29 is 9.53 Å². The quantitative estimate of drug-likeness (QED) is 0.716. The molecule has 0 aromatic heterocycles. The van der Waals surface area contributed by atoms with Crippen molar-refractivity contribution in [1.82, 2.24) is 10.6 Å². The molecule has 0 spiro atoms. The van der Waals surface area contributed by atoms with Crippen LogP contribution >= 0.6 is 11.8 Å². The van der Waals surface area contributed by atoms with E-state index in [4.69, 9.17) is 4.74 Å². The second kappa shape index (κ2) is 7.14. The first-order valence-corrected chi connectivity index (χ1v) is 6.97. The molecule has 1 saturated heterocycles. The Hall–Kier alpha value is -0.260. The van der Waals surface area contributed by atoms with Gasteiger partial charge in [0.15, 0.2) is 0 Å². The smallest absolute Gasteiger partial charge is 0.227 e. The summed E-state index contributed by atoms with van der Waals surface area (Å²) in [5, 5.41) is 6.16. The average Bonchev–Trinajstić information content (AvgIpc) is 2.74. The number of rotatable bonds is 6. The first-order chi connectivity index (χ1) is 7.69. The molecule has 16 heavy (non-hydrogen) atoms. The standard InChI is InChI=1S/C11H22N2O2S/c1-4-16-7-8(2)13-11(14)9-5-15-6-10(9)12-3/h8-10,12H,4-7H2,1-3H3,(H,13,14). The second-order valence-electron chi connectivity index (χ2n) is 4.11. The molecule has 0 aliphatic carbocycles. The van der Waals surface area contributed by atoms with E-state index in [2.05, 4.69) is 17.6 Å². The minimum absolute atomic E-state index is 0.0425. The molecule has 1 aliphatic rings. The molecule has 2 N–H and O–H groups in total. The molecule has 0 aromatic carbocycles. The van der Waals surface area contributed by atoms with Gasteiger partial charge in [-0.25, -0.2) is 0 Å². The van der Waals surface area contributed by atoms with Gasteiger partial charge in [0.2, 0.25) is 5.91 Å². The fourth-order valence-corrected chi connectivity index (χ4v) is 2.46. The van der Waals surface area contributed by atoms with Crippen molar-refractivity contribution in [2.45, 2.75) is 25.9 Å². The van der Waals surface area contributed by atoms with Gasteiger partial charge in [0.05, 0.1) is 19.1 Å². The summed E-state index contributed by atoms with van der Waals surface area (Å²) in [6.45, 7) is 5.34. The molecular formula is C11H22N2O2S. The van der Waals surface area contributed by atoms with Crippen molar-refractivity contribution in [3.05, 3.63) is 0 Å². The zero-order valence-corrected chi connectivity index (χ0v) is 11.1. The zero-order valence-electron chi connectivity index (χ0n) is 10.3. The van der Waals surface area contributed by atoms with Gasteiger partial charge in [0, 0.05) is 17.8 Å². The summed E-state index contributed by atoms with van der Waals surface area (Å²) in [7, 11) is 1.87. The molecule has 3 atom stereocenters. The van der Waals surface area contributed by atoms with E-state index in [1.165, 1.54) is 0 Å². The Balaban J connectivity index is 2.33. The molecule has 0 radical (unpaired) electrons. The van der Waals surface area contributed by atoms with Crippen molar-refractivity contribution in [2.24, 2.45) is 5.92 Å². The van der Waals surface area contributed by atoms with Gasteiger partial charge in [-0.1, -0.05) is 6.92 Å². The lowest BCUT2D eigenvalue weighted by molar-refractivity contribution is -0.125. The molecule has 94 valence electrons. The van der Waals surface area contributed by atoms with Crippen LogP contribution in [0.25, 0.3) is 0 Å². The number of amides is 1. The van der Waals surface area contributed by atoms with Gasteiger partial charge in [-0.3, -0.25) is 4.79 Å². The maximum atomic E-state index is 11.9. The number of hydrogen-bond donors (Lipinski definition) is 2. The number of hydrogen-bond acceptors (Lipinski definition) is 4. The molecule has 4 nitrogen and oxygen atoms in total. The monoisotopic (exact) mass is 246 g/mol. The fourth-order valence-electron chi connectivity index (χ4n) is 1.78. The van der Waals surface area contributed by atoms with Gasteiger partial charge in [-0.2, -0.15) is 11.8 Å². The predicted octanol–water partition coefficient (Wildman–Crippen LogP) is 0.479. The van der Waals surface area contributed by atoms with E-state index < -0.39 is 0 Å². The van der Waals surface area contributed by atoms with Gasteiger partial charge in [-0.15, -0.1) is 0 Å².